The molecule has 74 valence electrons. The van der Waals surface area contributed by atoms with Crippen LogP contribution < -0.4 is 0 Å². The third-order valence-corrected chi connectivity index (χ3v) is 1.66. The third kappa shape index (κ3) is 2.00. The van der Waals surface area contributed by atoms with Crippen LogP contribution in [0.2, 0.25) is 0 Å². The maximum absolute atomic E-state index is 13.1. The molecule has 0 radical (unpaired) electrons. The topological polar surface area (TPSA) is 48.9 Å². The van der Waals surface area contributed by atoms with Crippen LogP contribution in [0.1, 0.15) is 12.1 Å². The van der Waals surface area contributed by atoms with Crippen molar-refractivity contribution in [3.8, 4) is 0 Å². The highest BCUT2D eigenvalue weighted by Crippen LogP contribution is 2.31. The molecule has 1 unspecified atom stereocenters. The molecule has 1 aromatic rings. The molecule has 0 bridgehead atoms. The molecule has 1 aromatic heterocycles. The first-order valence-electron chi connectivity index (χ1n) is 3.70. The van der Waals surface area contributed by atoms with Crippen LogP contribution in [0.3, 0.4) is 0 Å². The van der Waals surface area contributed by atoms with Crippen molar-refractivity contribution < 1.29 is 18.3 Å². The Morgan fingerprint density at radius 1 is 1.62 bits per heavy atom. The summed E-state index contributed by atoms with van der Waals surface area (Å²) in [7, 11) is 0. The van der Waals surface area contributed by atoms with Gasteiger partial charge in [-0.3, -0.25) is 9.49 Å². The normalized spacial score (nSPS) is 14.5. The molecule has 1 atom stereocenters. The van der Waals surface area contributed by atoms with Crippen LogP contribution in [-0.4, -0.2) is 28.1 Å². The second-order valence-corrected chi connectivity index (χ2v) is 2.59. The van der Waals surface area contributed by atoms with E-state index in [1.807, 2.05) is 5.10 Å². The molecule has 3 nitrogen and oxygen atoms in total. The van der Waals surface area contributed by atoms with E-state index in [4.69, 9.17) is 5.11 Å². The first kappa shape index (κ1) is 10.0. The summed E-state index contributed by atoms with van der Waals surface area (Å²) >= 11 is 0. The van der Waals surface area contributed by atoms with Crippen molar-refractivity contribution in [1.82, 2.24) is 10.2 Å². The van der Waals surface area contributed by atoms with E-state index in [0.29, 0.717) is 0 Å². The van der Waals surface area contributed by atoms with Gasteiger partial charge >= 0.3 is 5.92 Å². The zero-order valence-corrected chi connectivity index (χ0v) is 6.67. The fourth-order valence-corrected chi connectivity index (χ4v) is 0.906. The molecule has 0 aromatic carbocycles. The summed E-state index contributed by atoms with van der Waals surface area (Å²) < 4.78 is 37.9. The van der Waals surface area contributed by atoms with Crippen molar-refractivity contribution >= 4 is 0 Å². The summed E-state index contributed by atoms with van der Waals surface area (Å²) in [5.41, 5.74) is -0.506. The number of alkyl halides is 3. The Labute approximate surface area is 72.6 Å². The van der Waals surface area contributed by atoms with E-state index in [1.165, 1.54) is 0 Å². The fourth-order valence-electron chi connectivity index (χ4n) is 0.906. The first-order valence-corrected chi connectivity index (χ1v) is 3.70. The zero-order chi connectivity index (χ0) is 9.90. The van der Waals surface area contributed by atoms with E-state index in [9.17, 15) is 13.2 Å². The standard InChI is InChI=1S/C7H9F3N2O/c8-3-1-6(13)7(9,10)5-2-4-11-12-5/h2,4,6,13H,1,3H2,(H,11,12). The number of nitrogens with one attached hydrogen (secondary N) is 1. The Kier molecular flexibility index (Phi) is 2.92. The summed E-state index contributed by atoms with van der Waals surface area (Å²) in [4.78, 5) is 0. The van der Waals surface area contributed by atoms with Crippen LogP contribution in [0.25, 0.3) is 0 Å². The van der Waals surface area contributed by atoms with Gasteiger partial charge in [-0.25, -0.2) is 0 Å². The van der Waals surface area contributed by atoms with Crippen LogP contribution in [0.4, 0.5) is 13.2 Å². The number of rotatable bonds is 4. The lowest BCUT2D eigenvalue weighted by molar-refractivity contribution is -0.122. The molecule has 0 aliphatic heterocycles. The van der Waals surface area contributed by atoms with Crippen molar-refractivity contribution in [3.05, 3.63) is 18.0 Å². The number of H-pyrrole nitrogens is 1. The fraction of sp³-hybridized carbons (Fsp3) is 0.571. The zero-order valence-electron chi connectivity index (χ0n) is 6.67. The second kappa shape index (κ2) is 3.78. The Bertz CT molecular complexity index is 250. The van der Waals surface area contributed by atoms with Crippen LogP contribution in [0.15, 0.2) is 12.3 Å². The maximum Gasteiger partial charge on any atom is 0.314 e. The molecule has 0 aliphatic rings. The van der Waals surface area contributed by atoms with E-state index >= 15 is 0 Å². The number of aromatic nitrogens is 2. The van der Waals surface area contributed by atoms with Crippen molar-refractivity contribution in [2.45, 2.75) is 18.4 Å². The molecule has 0 aliphatic carbocycles. The van der Waals surface area contributed by atoms with Crippen molar-refractivity contribution in [2.24, 2.45) is 0 Å². The summed E-state index contributed by atoms with van der Waals surface area (Å²) in [6.45, 7) is -0.981. The molecule has 0 spiro atoms. The lowest BCUT2D eigenvalue weighted by Crippen LogP contribution is -2.31. The second-order valence-electron chi connectivity index (χ2n) is 2.59. The number of aliphatic hydroxyl groups excluding tert-OH is 1. The molecule has 1 heterocycles. The largest absolute Gasteiger partial charge is 0.386 e. The molecule has 0 saturated heterocycles. The molecular weight excluding hydrogens is 185 g/mol. The Hall–Kier alpha value is -1.04. The lowest BCUT2D eigenvalue weighted by atomic mass is 10.1. The maximum atomic E-state index is 13.1. The Balaban J connectivity index is 2.76. The van der Waals surface area contributed by atoms with Gasteiger partial charge in [0.15, 0.2) is 0 Å². The molecule has 13 heavy (non-hydrogen) atoms. The van der Waals surface area contributed by atoms with E-state index in [0.717, 1.165) is 12.3 Å². The Morgan fingerprint density at radius 3 is 2.77 bits per heavy atom. The number of aromatic amines is 1. The molecule has 0 amide bonds. The van der Waals surface area contributed by atoms with Gasteiger partial charge in [0.2, 0.25) is 0 Å². The minimum Gasteiger partial charge on any atom is -0.386 e. The number of aliphatic hydroxyl groups is 1. The minimum absolute atomic E-state index is 0.506. The summed E-state index contributed by atoms with van der Waals surface area (Å²) in [5.74, 6) is -3.47. The highest BCUT2D eigenvalue weighted by molar-refractivity contribution is 5.08. The third-order valence-electron chi connectivity index (χ3n) is 1.66. The van der Waals surface area contributed by atoms with Crippen LogP contribution in [-0.2, 0) is 5.92 Å². The summed E-state index contributed by atoms with van der Waals surface area (Å²) in [6.07, 6.45) is -1.46. The van der Waals surface area contributed by atoms with E-state index < -0.39 is 30.8 Å². The average Bonchev–Trinajstić information content (AvgIpc) is 2.56. The average molecular weight is 194 g/mol. The monoisotopic (exact) mass is 194 g/mol. The van der Waals surface area contributed by atoms with Gasteiger partial charge in [0.1, 0.15) is 11.8 Å². The van der Waals surface area contributed by atoms with Crippen molar-refractivity contribution in [2.75, 3.05) is 6.67 Å². The highest BCUT2D eigenvalue weighted by atomic mass is 19.3. The van der Waals surface area contributed by atoms with Gasteiger partial charge < -0.3 is 5.11 Å². The minimum atomic E-state index is -3.47. The Morgan fingerprint density at radius 2 is 2.31 bits per heavy atom. The van der Waals surface area contributed by atoms with Gasteiger partial charge in [-0.2, -0.15) is 13.9 Å². The summed E-state index contributed by atoms with van der Waals surface area (Å²) in [5, 5.41) is 14.3. The molecular formula is C7H9F3N2O. The van der Waals surface area contributed by atoms with Gasteiger partial charge in [0.25, 0.3) is 0 Å². The van der Waals surface area contributed by atoms with Gasteiger partial charge in [-0.15, -0.1) is 0 Å². The van der Waals surface area contributed by atoms with Gasteiger partial charge in [0, 0.05) is 12.6 Å². The SMILES string of the molecule is OC(CCF)C(F)(F)c1ccn[nH]1. The highest BCUT2D eigenvalue weighted by Gasteiger charge is 2.41. The van der Waals surface area contributed by atoms with Crippen LogP contribution in [0, 0.1) is 0 Å². The van der Waals surface area contributed by atoms with Gasteiger partial charge in [-0.05, 0) is 6.07 Å². The van der Waals surface area contributed by atoms with E-state index in [1.54, 1.807) is 0 Å². The molecule has 2 N–H and O–H groups in total. The first-order chi connectivity index (χ1) is 6.09. The van der Waals surface area contributed by atoms with Gasteiger partial charge in [-0.1, -0.05) is 0 Å². The smallest absolute Gasteiger partial charge is 0.314 e. The van der Waals surface area contributed by atoms with Gasteiger partial charge in [0.05, 0.1) is 6.67 Å². The molecule has 0 saturated carbocycles. The van der Waals surface area contributed by atoms with E-state index in [2.05, 4.69) is 5.10 Å². The molecule has 0 fully saturated rings. The molecule has 6 heteroatoms. The van der Waals surface area contributed by atoms with Crippen molar-refractivity contribution in [1.29, 1.82) is 0 Å². The number of nitrogens with zero attached hydrogens (tertiary/aromatic N) is 1. The van der Waals surface area contributed by atoms with E-state index in [-0.39, 0.29) is 0 Å². The quantitative estimate of drug-likeness (QED) is 0.757. The predicted molar refractivity (Wildman–Crippen MR) is 39.1 cm³/mol. The van der Waals surface area contributed by atoms with Crippen molar-refractivity contribution in [3.63, 3.8) is 0 Å². The lowest BCUT2D eigenvalue weighted by Gasteiger charge is -2.19. The number of hydrogen-bond donors (Lipinski definition) is 2. The van der Waals surface area contributed by atoms with Crippen LogP contribution in [0.5, 0.6) is 0 Å². The predicted octanol–water partition coefficient (Wildman–Crippen LogP) is 1.22. The number of halogens is 3. The summed E-state index contributed by atoms with van der Waals surface area (Å²) in [6, 6.07) is 1.04. The molecule has 1 rings (SSSR count). The van der Waals surface area contributed by atoms with Crippen LogP contribution >= 0.6 is 0 Å². The number of hydrogen-bond acceptors (Lipinski definition) is 2.